The Bertz CT molecular complexity index is 990. The number of aliphatic hydroxyl groups is 1. The fourth-order valence-electron chi connectivity index (χ4n) is 7.62. The van der Waals surface area contributed by atoms with Gasteiger partial charge in [0.2, 0.25) is 0 Å². The predicted molar refractivity (Wildman–Crippen MR) is 117 cm³/mol. The monoisotopic (exact) mass is 420 g/mol. The molecule has 31 heavy (non-hydrogen) atoms. The van der Waals surface area contributed by atoms with Gasteiger partial charge in [-0.2, -0.15) is 0 Å². The molecule has 5 aliphatic rings. The maximum absolute atomic E-state index is 12.2. The lowest BCUT2D eigenvalue weighted by Gasteiger charge is -2.55. The van der Waals surface area contributed by atoms with Crippen molar-refractivity contribution >= 4 is 5.78 Å². The number of ether oxygens (including phenoxy) is 2. The lowest BCUT2D eigenvalue weighted by atomic mass is 9.50. The van der Waals surface area contributed by atoms with Crippen LogP contribution in [-0.2, 0) is 9.53 Å². The highest BCUT2D eigenvalue weighted by molar-refractivity contribution is 5.92. The van der Waals surface area contributed by atoms with E-state index in [1.165, 1.54) is 11.1 Å². The van der Waals surface area contributed by atoms with Gasteiger partial charge in [-0.1, -0.05) is 49.3 Å². The number of epoxide rings is 1. The molecule has 2 saturated carbocycles. The Balaban J connectivity index is 1.36. The van der Waals surface area contributed by atoms with Gasteiger partial charge in [0.15, 0.2) is 5.78 Å². The van der Waals surface area contributed by atoms with Gasteiger partial charge in [0, 0.05) is 17.3 Å². The van der Waals surface area contributed by atoms with E-state index in [-0.39, 0.29) is 16.6 Å². The molecule has 0 radical (unpaired) electrons. The van der Waals surface area contributed by atoms with E-state index in [2.05, 4.69) is 19.9 Å². The van der Waals surface area contributed by atoms with Gasteiger partial charge in [-0.25, -0.2) is 0 Å². The van der Waals surface area contributed by atoms with Gasteiger partial charge in [-0.3, -0.25) is 4.79 Å². The standard InChI is InChI=1S/C27H32O4/c1-24-13-10-19(28)16-18(24)8-9-21-22(24)11-14-25(2)23(21)12-15-26(25,29)27(17-30-27)31-20-6-4-3-5-7-20/h3-7,11,16,21,23,29H,8-10,12-15,17H2,1-2H3/t21-,23+,24+,25+,26-,27?/m1/s1. The lowest BCUT2D eigenvalue weighted by Crippen LogP contribution is -2.60. The van der Waals surface area contributed by atoms with Crippen LogP contribution in [-0.4, -0.2) is 28.9 Å². The summed E-state index contributed by atoms with van der Waals surface area (Å²) in [7, 11) is 0. The summed E-state index contributed by atoms with van der Waals surface area (Å²) < 4.78 is 12.2. The van der Waals surface area contributed by atoms with Crippen molar-refractivity contribution < 1.29 is 19.4 Å². The number of ketones is 1. The Kier molecular flexibility index (Phi) is 4.03. The molecule has 0 spiro atoms. The number of rotatable bonds is 3. The second-order valence-corrected chi connectivity index (χ2v) is 10.9. The molecule has 1 saturated heterocycles. The SMILES string of the molecule is C[C@]12CCC(=O)C=C1CC[C@@H]1C2=CC[C@@]2(C)[C@H]1CC[C@]2(O)C1(Oc2ccccc2)CO1. The number of benzene rings is 1. The quantitative estimate of drug-likeness (QED) is 0.554. The van der Waals surface area contributed by atoms with E-state index in [9.17, 15) is 9.90 Å². The first-order chi connectivity index (χ1) is 14.8. The zero-order valence-electron chi connectivity index (χ0n) is 18.5. The van der Waals surface area contributed by atoms with Gasteiger partial charge in [0.05, 0.1) is 0 Å². The average molecular weight is 421 g/mol. The Labute approximate surface area is 184 Å². The third kappa shape index (κ3) is 2.52. The molecule has 1 aromatic rings. The molecule has 4 nitrogen and oxygen atoms in total. The van der Waals surface area contributed by atoms with Crippen molar-refractivity contribution in [3.63, 3.8) is 0 Å². The van der Waals surface area contributed by atoms with Gasteiger partial charge >= 0.3 is 0 Å². The summed E-state index contributed by atoms with van der Waals surface area (Å²) in [6.45, 7) is 5.04. The van der Waals surface area contributed by atoms with Gasteiger partial charge in [0.25, 0.3) is 5.79 Å². The fourth-order valence-corrected chi connectivity index (χ4v) is 7.62. The minimum absolute atomic E-state index is 0.0210. The minimum Gasteiger partial charge on any atom is -0.457 e. The van der Waals surface area contributed by atoms with Gasteiger partial charge < -0.3 is 14.6 Å². The second kappa shape index (κ2) is 6.32. The molecule has 0 aromatic heterocycles. The van der Waals surface area contributed by atoms with Crippen LogP contribution >= 0.6 is 0 Å². The first kappa shape index (κ1) is 19.8. The summed E-state index contributed by atoms with van der Waals surface area (Å²) in [6.07, 6.45) is 10.5. The van der Waals surface area contributed by atoms with Gasteiger partial charge in [0.1, 0.15) is 18.0 Å². The third-order valence-electron chi connectivity index (χ3n) is 9.55. The zero-order chi connectivity index (χ0) is 21.5. The number of carbonyl (C=O) groups excluding carboxylic acids is 1. The smallest absolute Gasteiger partial charge is 0.264 e. The van der Waals surface area contributed by atoms with Crippen LogP contribution in [0.4, 0.5) is 0 Å². The van der Waals surface area contributed by atoms with Crippen molar-refractivity contribution in [3.05, 3.63) is 53.6 Å². The summed E-state index contributed by atoms with van der Waals surface area (Å²) in [5.41, 5.74) is 1.58. The molecule has 164 valence electrons. The van der Waals surface area contributed by atoms with E-state index in [4.69, 9.17) is 9.47 Å². The Morgan fingerprint density at radius 2 is 1.87 bits per heavy atom. The fraction of sp³-hybridized carbons (Fsp3) is 0.593. The van der Waals surface area contributed by atoms with Crippen LogP contribution in [0.1, 0.15) is 58.8 Å². The summed E-state index contributed by atoms with van der Waals surface area (Å²) in [4.78, 5) is 12.0. The molecule has 1 N–H and O–H groups in total. The third-order valence-corrected chi connectivity index (χ3v) is 9.55. The van der Waals surface area contributed by atoms with E-state index >= 15 is 0 Å². The van der Waals surface area contributed by atoms with Crippen molar-refractivity contribution in [1.82, 2.24) is 0 Å². The Morgan fingerprint density at radius 3 is 2.61 bits per heavy atom. The second-order valence-electron chi connectivity index (χ2n) is 10.9. The van der Waals surface area contributed by atoms with Crippen molar-refractivity contribution in [2.45, 2.75) is 70.2 Å². The minimum atomic E-state index is -1.01. The first-order valence-corrected chi connectivity index (χ1v) is 11.9. The highest BCUT2D eigenvalue weighted by Crippen LogP contribution is 2.69. The molecule has 1 unspecified atom stereocenters. The largest absolute Gasteiger partial charge is 0.457 e. The van der Waals surface area contributed by atoms with Crippen molar-refractivity contribution in [3.8, 4) is 5.75 Å². The predicted octanol–water partition coefficient (Wildman–Crippen LogP) is 4.98. The van der Waals surface area contributed by atoms with Crippen molar-refractivity contribution in [2.24, 2.45) is 22.7 Å². The van der Waals surface area contributed by atoms with Crippen molar-refractivity contribution in [1.29, 1.82) is 0 Å². The lowest BCUT2D eigenvalue weighted by molar-refractivity contribution is -0.192. The number of hydrogen-bond acceptors (Lipinski definition) is 4. The van der Waals surface area contributed by atoms with Crippen LogP contribution in [0.25, 0.3) is 0 Å². The summed E-state index contributed by atoms with van der Waals surface area (Å²) >= 11 is 0. The van der Waals surface area contributed by atoms with Gasteiger partial charge in [-0.05, 0) is 68.6 Å². The maximum atomic E-state index is 12.2. The van der Waals surface area contributed by atoms with Crippen LogP contribution in [0.5, 0.6) is 5.75 Å². The number of carbonyl (C=O) groups is 1. The van der Waals surface area contributed by atoms with Crippen molar-refractivity contribution in [2.75, 3.05) is 6.61 Å². The average Bonchev–Trinajstić information content (AvgIpc) is 3.49. The molecule has 1 aliphatic heterocycles. The number of para-hydroxylation sites is 1. The normalized spacial score (nSPS) is 45.7. The number of hydrogen-bond donors (Lipinski definition) is 1. The zero-order valence-corrected chi connectivity index (χ0v) is 18.5. The molecular formula is C27H32O4. The molecule has 6 rings (SSSR count). The molecule has 0 bridgehead atoms. The summed E-state index contributed by atoms with van der Waals surface area (Å²) in [5.74, 6) is 0.974. The van der Waals surface area contributed by atoms with Crippen LogP contribution in [0.2, 0.25) is 0 Å². The molecule has 1 heterocycles. The van der Waals surface area contributed by atoms with Crippen LogP contribution < -0.4 is 4.74 Å². The van der Waals surface area contributed by atoms with Crippen LogP contribution in [0.15, 0.2) is 53.6 Å². The van der Waals surface area contributed by atoms with E-state index in [1.807, 2.05) is 36.4 Å². The molecule has 6 atom stereocenters. The van der Waals surface area contributed by atoms with E-state index in [0.29, 0.717) is 31.3 Å². The molecule has 3 fully saturated rings. The highest BCUT2D eigenvalue weighted by Gasteiger charge is 2.75. The molecule has 1 aromatic carbocycles. The Hall–Kier alpha value is -1.91. The molecule has 4 heteroatoms. The summed E-state index contributed by atoms with van der Waals surface area (Å²) in [6, 6.07) is 9.73. The highest BCUT2D eigenvalue weighted by atomic mass is 16.8. The van der Waals surface area contributed by atoms with Crippen LogP contribution in [0, 0.1) is 22.7 Å². The summed E-state index contributed by atoms with van der Waals surface area (Å²) in [5, 5.41) is 12.2. The molecular weight excluding hydrogens is 388 g/mol. The van der Waals surface area contributed by atoms with E-state index in [0.717, 1.165) is 37.9 Å². The molecule has 4 aliphatic carbocycles. The van der Waals surface area contributed by atoms with E-state index in [1.54, 1.807) is 0 Å². The maximum Gasteiger partial charge on any atom is 0.264 e. The van der Waals surface area contributed by atoms with Gasteiger partial charge in [-0.15, -0.1) is 0 Å². The topological polar surface area (TPSA) is 59.1 Å². The van der Waals surface area contributed by atoms with Crippen LogP contribution in [0.3, 0.4) is 0 Å². The molecule has 0 amide bonds. The van der Waals surface area contributed by atoms with E-state index < -0.39 is 11.4 Å². The Morgan fingerprint density at radius 1 is 1.10 bits per heavy atom. The first-order valence-electron chi connectivity index (χ1n) is 11.9. The number of fused-ring (bicyclic) bond motifs is 5. The number of allylic oxidation sites excluding steroid dienone is 4.